The summed E-state index contributed by atoms with van der Waals surface area (Å²) in [7, 11) is 0. The van der Waals surface area contributed by atoms with Crippen LogP contribution in [0.25, 0.3) is 0 Å². The number of rotatable bonds is 0. The highest BCUT2D eigenvalue weighted by molar-refractivity contribution is 9.11. The summed E-state index contributed by atoms with van der Waals surface area (Å²) < 4.78 is 13.6. The molecule has 0 fully saturated rings. The van der Waals surface area contributed by atoms with Gasteiger partial charge in [0.15, 0.2) is 0 Å². The first kappa shape index (κ1) is 9.78. The lowest BCUT2D eigenvalue weighted by Crippen LogP contribution is -1.81. The lowest BCUT2D eigenvalue weighted by molar-refractivity contribution is 0.626. The van der Waals surface area contributed by atoms with E-state index in [2.05, 4.69) is 31.9 Å². The monoisotopic (exact) mass is 320 g/mol. The van der Waals surface area contributed by atoms with Crippen LogP contribution in [0.1, 0.15) is 0 Å². The van der Waals surface area contributed by atoms with Crippen LogP contribution in [0.3, 0.4) is 0 Å². The fourth-order valence-electron chi connectivity index (χ4n) is 0.544. The lowest BCUT2D eigenvalue weighted by atomic mass is 10.3. The van der Waals surface area contributed by atoms with E-state index in [0.29, 0.717) is 14.0 Å². The topological polar surface area (TPSA) is 0 Å². The summed E-state index contributed by atoms with van der Waals surface area (Å²) in [5.74, 6) is -0.505. The quantitative estimate of drug-likeness (QED) is 0.481. The summed E-state index contributed by atoms with van der Waals surface area (Å²) in [5, 5.41) is 0.370. The molecule has 0 aliphatic heterocycles. The molecule has 1 aromatic carbocycles. The summed E-state index contributed by atoms with van der Waals surface area (Å²) in [6.07, 6.45) is 0. The van der Waals surface area contributed by atoms with E-state index >= 15 is 0 Å². The van der Waals surface area contributed by atoms with Crippen molar-refractivity contribution in [3.05, 3.63) is 30.9 Å². The van der Waals surface area contributed by atoms with Gasteiger partial charge in [0.25, 0.3) is 0 Å². The number of hydrogen-bond acceptors (Lipinski definition) is 0. The van der Waals surface area contributed by atoms with Crippen molar-refractivity contribution in [1.29, 1.82) is 0 Å². The molecular weight excluding hydrogens is 322 g/mol. The van der Waals surface area contributed by atoms with Gasteiger partial charge < -0.3 is 0 Å². The van der Waals surface area contributed by atoms with Gasteiger partial charge in [-0.1, -0.05) is 23.2 Å². The highest BCUT2D eigenvalue weighted by atomic mass is 79.9. The summed E-state index contributed by atoms with van der Waals surface area (Å²) in [6.45, 7) is 0. The molecule has 0 radical (unpaired) electrons. The molecule has 1 aromatic rings. The number of halogens is 5. The molecule has 0 atom stereocenters. The van der Waals surface area contributed by atoms with Crippen molar-refractivity contribution in [2.45, 2.75) is 0 Å². The van der Waals surface area contributed by atoms with Gasteiger partial charge in [-0.3, -0.25) is 0 Å². The van der Waals surface area contributed by atoms with E-state index in [4.69, 9.17) is 23.2 Å². The van der Waals surface area contributed by atoms with Crippen molar-refractivity contribution < 1.29 is 4.39 Å². The maximum atomic E-state index is 12.8. The third-order valence-corrected chi connectivity index (χ3v) is 3.92. The van der Waals surface area contributed by atoms with E-state index in [9.17, 15) is 4.39 Å². The minimum absolute atomic E-state index is 0.00167. The molecule has 0 spiro atoms. The third-order valence-electron chi connectivity index (χ3n) is 1.06. The largest absolute Gasteiger partial charge is 0.205 e. The molecule has 60 valence electrons. The van der Waals surface area contributed by atoms with Crippen LogP contribution in [0.4, 0.5) is 4.39 Å². The molecule has 0 nitrogen and oxygen atoms in total. The standard InChI is InChI=1S/C6HBr2Cl2F/c7-2-1-3(11)6(10)4(8)5(2)9/h1H. The molecule has 11 heavy (non-hydrogen) atoms. The molecule has 0 bridgehead atoms. The fraction of sp³-hybridized carbons (Fsp3) is 0. The summed E-state index contributed by atoms with van der Waals surface area (Å²) in [5.41, 5.74) is 0. The Morgan fingerprint density at radius 1 is 1.18 bits per heavy atom. The molecule has 0 saturated heterocycles. The van der Waals surface area contributed by atoms with E-state index in [-0.39, 0.29) is 5.02 Å². The van der Waals surface area contributed by atoms with Gasteiger partial charge >= 0.3 is 0 Å². The molecule has 0 aliphatic carbocycles. The molecule has 0 saturated carbocycles. The van der Waals surface area contributed by atoms with Crippen LogP contribution in [0.5, 0.6) is 0 Å². The van der Waals surface area contributed by atoms with Gasteiger partial charge in [0.1, 0.15) is 5.82 Å². The first-order valence-electron chi connectivity index (χ1n) is 2.52. The van der Waals surface area contributed by atoms with E-state index in [1.807, 2.05) is 0 Å². The van der Waals surface area contributed by atoms with Crippen LogP contribution in [-0.4, -0.2) is 0 Å². The maximum Gasteiger partial charge on any atom is 0.144 e. The van der Waals surface area contributed by atoms with E-state index in [1.165, 1.54) is 6.07 Å². The van der Waals surface area contributed by atoms with Crippen molar-refractivity contribution >= 4 is 55.1 Å². The Morgan fingerprint density at radius 2 is 1.73 bits per heavy atom. The van der Waals surface area contributed by atoms with Gasteiger partial charge in [-0.25, -0.2) is 4.39 Å². The van der Waals surface area contributed by atoms with Gasteiger partial charge in [-0.05, 0) is 37.9 Å². The van der Waals surface area contributed by atoms with Gasteiger partial charge in [-0.15, -0.1) is 0 Å². The maximum absolute atomic E-state index is 12.8. The molecule has 0 unspecified atom stereocenters. The van der Waals surface area contributed by atoms with Crippen LogP contribution in [0, 0.1) is 5.82 Å². The van der Waals surface area contributed by atoms with Gasteiger partial charge in [-0.2, -0.15) is 0 Å². The summed E-state index contributed by atoms with van der Waals surface area (Å²) in [6, 6.07) is 1.22. The van der Waals surface area contributed by atoms with Crippen molar-refractivity contribution in [2.24, 2.45) is 0 Å². The smallest absolute Gasteiger partial charge is 0.144 e. The van der Waals surface area contributed by atoms with Crippen molar-refractivity contribution in [3.63, 3.8) is 0 Å². The number of hydrogen-bond donors (Lipinski definition) is 0. The molecule has 0 heterocycles. The average molecular weight is 323 g/mol. The van der Waals surface area contributed by atoms with Gasteiger partial charge in [0.2, 0.25) is 0 Å². The molecule has 0 amide bonds. The zero-order valence-corrected chi connectivity index (χ0v) is 9.65. The molecular formula is C6HBr2Cl2F. The van der Waals surface area contributed by atoms with Crippen LogP contribution >= 0.6 is 55.1 Å². The van der Waals surface area contributed by atoms with Crippen LogP contribution in [-0.2, 0) is 0 Å². The zero-order valence-electron chi connectivity index (χ0n) is 4.97. The third kappa shape index (κ3) is 1.89. The fourth-order valence-corrected chi connectivity index (χ4v) is 1.96. The Hall–Kier alpha value is 0.690. The van der Waals surface area contributed by atoms with Crippen LogP contribution < -0.4 is 0 Å². The highest BCUT2D eigenvalue weighted by Crippen LogP contribution is 2.37. The van der Waals surface area contributed by atoms with E-state index in [1.54, 1.807) is 0 Å². The van der Waals surface area contributed by atoms with Crippen LogP contribution in [0.15, 0.2) is 15.0 Å². The lowest BCUT2D eigenvalue weighted by Gasteiger charge is -2.02. The van der Waals surface area contributed by atoms with Gasteiger partial charge in [0.05, 0.1) is 14.5 Å². The molecule has 0 N–H and O–H groups in total. The Balaban J connectivity index is 3.46. The second-order valence-corrected chi connectivity index (χ2v) is 4.19. The van der Waals surface area contributed by atoms with Crippen molar-refractivity contribution in [3.8, 4) is 0 Å². The molecule has 1 rings (SSSR count). The molecule has 0 aliphatic rings. The van der Waals surface area contributed by atoms with Gasteiger partial charge in [0, 0.05) is 4.47 Å². The summed E-state index contributed by atoms with van der Waals surface area (Å²) >= 11 is 17.4. The second-order valence-electron chi connectivity index (χ2n) is 1.78. The van der Waals surface area contributed by atoms with Crippen molar-refractivity contribution in [2.75, 3.05) is 0 Å². The Labute approximate surface area is 89.9 Å². The zero-order chi connectivity index (χ0) is 8.59. The van der Waals surface area contributed by atoms with E-state index < -0.39 is 5.82 Å². The second kappa shape index (κ2) is 3.60. The van der Waals surface area contributed by atoms with Crippen molar-refractivity contribution in [1.82, 2.24) is 0 Å². The molecule has 5 heteroatoms. The Kier molecular flexibility index (Phi) is 3.20. The van der Waals surface area contributed by atoms with Crippen LogP contribution in [0.2, 0.25) is 10.0 Å². The minimum atomic E-state index is -0.505. The van der Waals surface area contributed by atoms with E-state index in [0.717, 1.165) is 0 Å². The predicted octanol–water partition coefficient (Wildman–Crippen LogP) is 4.66. The predicted molar refractivity (Wildman–Crippen MR) is 51.8 cm³/mol. The highest BCUT2D eigenvalue weighted by Gasteiger charge is 2.11. The SMILES string of the molecule is Fc1cc(Br)c(Cl)c(Br)c1Cl. The first-order chi connectivity index (χ1) is 5.04. The normalized spacial score (nSPS) is 10.3. The Bertz CT molecular complexity index is 275. The number of benzene rings is 1. The minimum Gasteiger partial charge on any atom is -0.205 e. The Morgan fingerprint density at radius 3 is 2.27 bits per heavy atom. The average Bonchev–Trinajstić information content (AvgIpc) is 1.97. The molecule has 0 aromatic heterocycles. The summed E-state index contributed by atoms with van der Waals surface area (Å²) in [4.78, 5) is 0. The first-order valence-corrected chi connectivity index (χ1v) is 4.86.